The topological polar surface area (TPSA) is 24.5 Å². The molecule has 3 aliphatic rings. The van der Waals surface area contributed by atoms with Crippen LogP contribution in [0.3, 0.4) is 0 Å². The minimum atomic E-state index is 0.527. The summed E-state index contributed by atoms with van der Waals surface area (Å²) in [6.45, 7) is 2.44. The Labute approximate surface area is 98.5 Å². The lowest BCUT2D eigenvalue weighted by atomic mass is 9.95. The third-order valence-electron chi connectivity index (χ3n) is 4.64. The molecule has 2 bridgehead atoms. The molecule has 3 heteroatoms. The molecule has 3 heterocycles. The van der Waals surface area contributed by atoms with Crippen molar-refractivity contribution in [2.24, 2.45) is 0 Å². The quantitative estimate of drug-likeness (QED) is 0.784. The highest BCUT2D eigenvalue weighted by Crippen LogP contribution is 2.34. The molecule has 4 atom stereocenters. The predicted octanol–water partition coefficient (Wildman–Crippen LogP) is 1.38. The Morgan fingerprint density at radius 3 is 2.88 bits per heavy atom. The number of nitrogens with one attached hydrogen (secondary N) is 1. The number of piperidine rings is 1. The maximum absolute atomic E-state index is 5.88. The van der Waals surface area contributed by atoms with Gasteiger partial charge in [-0.1, -0.05) is 6.42 Å². The second kappa shape index (κ2) is 4.63. The van der Waals surface area contributed by atoms with E-state index in [1.54, 1.807) is 0 Å². The van der Waals surface area contributed by atoms with E-state index in [1.807, 2.05) is 0 Å². The average molecular weight is 224 g/mol. The highest BCUT2D eigenvalue weighted by atomic mass is 16.5. The van der Waals surface area contributed by atoms with Crippen molar-refractivity contribution >= 4 is 0 Å². The minimum absolute atomic E-state index is 0.527. The number of rotatable bonds is 3. The van der Waals surface area contributed by atoms with Crippen LogP contribution in [-0.4, -0.2) is 49.3 Å². The van der Waals surface area contributed by atoms with Crippen LogP contribution in [0.2, 0.25) is 0 Å². The van der Waals surface area contributed by atoms with Crippen molar-refractivity contribution in [1.82, 2.24) is 10.2 Å². The molecule has 0 amide bonds. The van der Waals surface area contributed by atoms with Crippen LogP contribution < -0.4 is 5.32 Å². The summed E-state index contributed by atoms with van der Waals surface area (Å²) in [7, 11) is 2.27. The molecule has 1 N–H and O–H groups in total. The van der Waals surface area contributed by atoms with E-state index >= 15 is 0 Å². The van der Waals surface area contributed by atoms with Crippen LogP contribution in [0.25, 0.3) is 0 Å². The zero-order valence-electron chi connectivity index (χ0n) is 10.3. The van der Waals surface area contributed by atoms with Crippen molar-refractivity contribution in [3.05, 3.63) is 0 Å². The molecule has 0 spiro atoms. The number of nitrogens with zero attached hydrogens (tertiary/aromatic N) is 1. The SMILES string of the molecule is CN1CCCCC1CNC1CC2CCC1O2. The number of likely N-dealkylation sites (N-methyl/N-ethyl adjacent to an activating group) is 1. The molecule has 3 nitrogen and oxygen atoms in total. The molecule has 0 saturated carbocycles. The molecular formula is C13H24N2O. The molecule has 0 aromatic carbocycles. The Morgan fingerprint density at radius 2 is 2.19 bits per heavy atom. The van der Waals surface area contributed by atoms with Crippen LogP contribution in [0.5, 0.6) is 0 Å². The summed E-state index contributed by atoms with van der Waals surface area (Å²) >= 11 is 0. The normalized spacial score (nSPS) is 44.1. The Morgan fingerprint density at radius 1 is 1.25 bits per heavy atom. The Kier molecular flexibility index (Phi) is 3.18. The minimum Gasteiger partial charge on any atom is -0.373 e. The fraction of sp³-hybridized carbons (Fsp3) is 1.00. The van der Waals surface area contributed by atoms with E-state index < -0.39 is 0 Å². The smallest absolute Gasteiger partial charge is 0.0733 e. The monoisotopic (exact) mass is 224 g/mol. The highest BCUT2D eigenvalue weighted by molar-refractivity contribution is 4.94. The third-order valence-corrected chi connectivity index (χ3v) is 4.64. The number of ether oxygens (including phenoxy) is 1. The zero-order valence-corrected chi connectivity index (χ0v) is 10.3. The van der Waals surface area contributed by atoms with Gasteiger partial charge in [0.15, 0.2) is 0 Å². The molecule has 16 heavy (non-hydrogen) atoms. The van der Waals surface area contributed by atoms with Gasteiger partial charge in [-0.3, -0.25) is 0 Å². The first-order chi connectivity index (χ1) is 7.83. The predicted molar refractivity (Wildman–Crippen MR) is 64.6 cm³/mol. The third kappa shape index (κ3) is 2.13. The second-order valence-electron chi connectivity index (χ2n) is 5.75. The Balaban J connectivity index is 1.45. The summed E-state index contributed by atoms with van der Waals surface area (Å²) in [5.74, 6) is 0. The van der Waals surface area contributed by atoms with Gasteiger partial charge in [0.2, 0.25) is 0 Å². The lowest BCUT2D eigenvalue weighted by Gasteiger charge is -2.34. The van der Waals surface area contributed by atoms with E-state index in [2.05, 4.69) is 17.3 Å². The summed E-state index contributed by atoms with van der Waals surface area (Å²) in [6.07, 6.45) is 9.08. The fourth-order valence-electron chi connectivity index (χ4n) is 3.54. The van der Waals surface area contributed by atoms with E-state index in [1.165, 1.54) is 45.1 Å². The zero-order chi connectivity index (χ0) is 11.0. The molecule has 0 aromatic heterocycles. The van der Waals surface area contributed by atoms with Gasteiger partial charge in [-0.15, -0.1) is 0 Å². The molecule has 0 aliphatic carbocycles. The van der Waals surface area contributed by atoms with Gasteiger partial charge in [0.05, 0.1) is 12.2 Å². The summed E-state index contributed by atoms with van der Waals surface area (Å²) in [6, 6.07) is 1.40. The van der Waals surface area contributed by atoms with Crippen molar-refractivity contribution in [3.63, 3.8) is 0 Å². The second-order valence-corrected chi connectivity index (χ2v) is 5.75. The van der Waals surface area contributed by atoms with E-state index in [9.17, 15) is 0 Å². The Bertz CT molecular complexity index is 244. The molecule has 4 unspecified atom stereocenters. The lowest BCUT2D eigenvalue weighted by Crippen LogP contribution is -2.47. The summed E-state index contributed by atoms with van der Waals surface area (Å²) in [5.41, 5.74) is 0. The average Bonchev–Trinajstić information content (AvgIpc) is 2.90. The summed E-state index contributed by atoms with van der Waals surface area (Å²) < 4.78 is 5.88. The molecule has 3 aliphatic heterocycles. The molecule has 92 valence electrons. The van der Waals surface area contributed by atoms with Crippen LogP contribution in [-0.2, 0) is 4.74 Å². The first-order valence-electron chi connectivity index (χ1n) is 6.92. The van der Waals surface area contributed by atoms with Gasteiger partial charge in [-0.2, -0.15) is 0 Å². The van der Waals surface area contributed by atoms with Crippen LogP contribution in [0.4, 0.5) is 0 Å². The Hall–Kier alpha value is -0.120. The van der Waals surface area contributed by atoms with Gasteiger partial charge >= 0.3 is 0 Å². The van der Waals surface area contributed by atoms with Crippen LogP contribution in [0.15, 0.2) is 0 Å². The molecular weight excluding hydrogens is 200 g/mol. The van der Waals surface area contributed by atoms with Crippen molar-refractivity contribution in [1.29, 1.82) is 0 Å². The number of fused-ring (bicyclic) bond motifs is 2. The fourth-order valence-corrected chi connectivity index (χ4v) is 3.54. The number of likely N-dealkylation sites (tertiary alicyclic amines) is 1. The first-order valence-corrected chi connectivity index (χ1v) is 6.92. The van der Waals surface area contributed by atoms with Gasteiger partial charge in [0.25, 0.3) is 0 Å². The van der Waals surface area contributed by atoms with E-state index in [0.717, 1.165) is 12.6 Å². The standard InChI is InChI=1S/C13H24N2O/c1-15-7-3-2-4-10(15)9-14-12-8-11-5-6-13(12)16-11/h10-14H,2-9H2,1H3. The van der Waals surface area contributed by atoms with E-state index in [-0.39, 0.29) is 0 Å². The summed E-state index contributed by atoms with van der Waals surface area (Å²) in [5, 5.41) is 3.75. The van der Waals surface area contributed by atoms with Crippen LogP contribution >= 0.6 is 0 Å². The number of hydrogen-bond donors (Lipinski definition) is 1. The first kappa shape index (κ1) is 11.0. The van der Waals surface area contributed by atoms with Gasteiger partial charge < -0.3 is 15.0 Å². The van der Waals surface area contributed by atoms with Gasteiger partial charge in [0, 0.05) is 18.6 Å². The van der Waals surface area contributed by atoms with Gasteiger partial charge in [0.1, 0.15) is 0 Å². The van der Waals surface area contributed by atoms with Gasteiger partial charge in [-0.25, -0.2) is 0 Å². The molecule has 3 fully saturated rings. The van der Waals surface area contributed by atoms with Crippen molar-refractivity contribution < 1.29 is 4.74 Å². The maximum Gasteiger partial charge on any atom is 0.0733 e. The summed E-state index contributed by atoms with van der Waals surface area (Å²) in [4.78, 5) is 2.52. The van der Waals surface area contributed by atoms with Crippen LogP contribution in [0.1, 0.15) is 38.5 Å². The van der Waals surface area contributed by atoms with E-state index in [0.29, 0.717) is 18.2 Å². The van der Waals surface area contributed by atoms with Crippen molar-refractivity contribution in [2.45, 2.75) is 62.8 Å². The number of hydrogen-bond acceptors (Lipinski definition) is 3. The molecule has 3 rings (SSSR count). The molecule has 0 aromatic rings. The molecule has 3 saturated heterocycles. The van der Waals surface area contributed by atoms with E-state index in [4.69, 9.17) is 4.74 Å². The van der Waals surface area contributed by atoms with Crippen molar-refractivity contribution in [2.75, 3.05) is 20.1 Å². The molecule has 0 radical (unpaired) electrons. The maximum atomic E-state index is 5.88. The highest BCUT2D eigenvalue weighted by Gasteiger charge is 2.40. The van der Waals surface area contributed by atoms with Gasteiger partial charge in [-0.05, 0) is 45.7 Å². The lowest BCUT2D eigenvalue weighted by molar-refractivity contribution is 0.0952. The van der Waals surface area contributed by atoms with Crippen molar-refractivity contribution in [3.8, 4) is 0 Å². The van der Waals surface area contributed by atoms with Crippen LogP contribution in [0, 0.1) is 0 Å². The largest absolute Gasteiger partial charge is 0.373 e.